The Kier molecular flexibility index (Phi) is 6.81. The highest BCUT2D eigenvalue weighted by molar-refractivity contribution is 9.10. The number of furan rings is 1. The van der Waals surface area contributed by atoms with Crippen molar-refractivity contribution >= 4 is 68.3 Å². The maximum Gasteiger partial charge on any atom is 0.339 e. The van der Waals surface area contributed by atoms with Crippen LogP contribution in [0.5, 0.6) is 0 Å². The van der Waals surface area contributed by atoms with Crippen LogP contribution in [0.2, 0.25) is 10.0 Å². The van der Waals surface area contributed by atoms with Crippen LogP contribution >= 0.6 is 39.1 Å². The summed E-state index contributed by atoms with van der Waals surface area (Å²) >= 11 is 15.1. The molecule has 2 amide bonds. The van der Waals surface area contributed by atoms with E-state index in [0.29, 0.717) is 20.4 Å². The van der Waals surface area contributed by atoms with Crippen molar-refractivity contribution in [1.29, 1.82) is 0 Å². The van der Waals surface area contributed by atoms with Crippen LogP contribution in [0, 0.1) is 0 Å². The summed E-state index contributed by atoms with van der Waals surface area (Å²) in [4.78, 5) is 37.2. The lowest BCUT2D eigenvalue weighted by atomic mass is 10.1. The Balaban J connectivity index is 1.91. The van der Waals surface area contributed by atoms with Gasteiger partial charge in [0, 0.05) is 10.6 Å². The highest BCUT2D eigenvalue weighted by atomic mass is 79.9. The first-order valence-corrected chi connectivity index (χ1v) is 9.89. The van der Waals surface area contributed by atoms with Crippen molar-refractivity contribution in [1.82, 2.24) is 0 Å². The van der Waals surface area contributed by atoms with Crippen LogP contribution in [0.25, 0.3) is 0 Å². The SMILES string of the molecule is COC(=O)c1ccc(C(=O)Nc2cc(Cl)ccc2Cl)cc1NC(=O)c1ccc(Br)o1. The minimum Gasteiger partial charge on any atom is -0.465 e. The topological polar surface area (TPSA) is 97.6 Å². The number of rotatable bonds is 5. The van der Waals surface area contributed by atoms with Crippen LogP contribution in [0.1, 0.15) is 31.3 Å². The second-order valence-corrected chi connectivity index (χ2v) is 7.51. The van der Waals surface area contributed by atoms with Gasteiger partial charge in [-0.25, -0.2) is 4.79 Å². The molecule has 1 aromatic heterocycles. The first-order valence-electron chi connectivity index (χ1n) is 8.34. The van der Waals surface area contributed by atoms with Crippen LogP contribution < -0.4 is 10.6 Å². The molecule has 10 heteroatoms. The molecule has 0 saturated carbocycles. The lowest BCUT2D eigenvalue weighted by molar-refractivity contribution is 0.0601. The second-order valence-electron chi connectivity index (χ2n) is 5.89. The summed E-state index contributed by atoms with van der Waals surface area (Å²) < 4.78 is 10.3. The number of hydrogen-bond donors (Lipinski definition) is 2. The predicted molar refractivity (Wildman–Crippen MR) is 117 cm³/mol. The van der Waals surface area contributed by atoms with Gasteiger partial charge in [0.15, 0.2) is 10.4 Å². The molecule has 3 aromatic rings. The molecule has 2 aromatic carbocycles. The third kappa shape index (κ3) is 5.02. The minimum atomic E-state index is -0.684. The molecule has 0 aliphatic heterocycles. The molecule has 1 heterocycles. The van der Waals surface area contributed by atoms with Crippen LogP contribution in [0.3, 0.4) is 0 Å². The smallest absolute Gasteiger partial charge is 0.339 e. The van der Waals surface area contributed by atoms with Gasteiger partial charge in [-0.15, -0.1) is 0 Å². The number of carbonyl (C=O) groups excluding carboxylic acids is 3. The third-order valence-electron chi connectivity index (χ3n) is 3.91. The van der Waals surface area contributed by atoms with Gasteiger partial charge in [-0.1, -0.05) is 23.2 Å². The minimum absolute atomic E-state index is 0.0123. The lowest BCUT2D eigenvalue weighted by Crippen LogP contribution is -2.17. The Labute approximate surface area is 189 Å². The molecule has 154 valence electrons. The largest absolute Gasteiger partial charge is 0.465 e. The molecule has 0 aliphatic rings. The molecule has 0 radical (unpaired) electrons. The number of halogens is 3. The van der Waals surface area contributed by atoms with E-state index in [0.717, 1.165) is 0 Å². The van der Waals surface area contributed by atoms with E-state index in [1.165, 1.54) is 37.4 Å². The van der Waals surface area contributed by atoms with Crippen molar-refractivity contribution in [3.8, 4) is 0 Å². The number of methoxy groups -OCH3 is 1. The molecule has 0 aliphatic carbocycles. The van der Waals surface area contributed by atoms with Crippen molar-refractivity contribution in [2.75, 3.05) is 17.7 Å². The fraction of sp³-hybridized carbons (Fsp3) is 0.0500. The molecule has 0 bridgehead atoms. The van der Waals surface area contributed by atoms with Gasteiger partial charge in [-0.05, 0) is 64.5 Å². The normalized spacial score (nSPS) is 10.4. The number of nitrogens with one attached hydrogen (secondary N) is 2. The lowest BCUT2D eigenvalue weighted by Gasteiger charge is -2.12. The van der Waals surface area contributed by atoms with Crippen molar-refractivity contribution < 1.29 is 23.5 Å². The maximum atomic E-state index is 12.7. The number of benzene rings is 2. The van der Waals surface area contributed by atoms with Gasteiger partial charge in [-0.3, -0.25) is 9.59 Å². The van der Waals surface area contributed by atoms with Crippen molar-refractivity contribution in [2.24, 2.45) is 0 Å². The van der Waals surface area contributed by atoms with Gasteiger partial charge < -0.3 is 19.8 Å². The molecule has 30 heavy (non-hydrogen) atoms. The molecule has 2 N–H and O–H groups in total. The van der Waals surface area contributed by atoms with E-state index in [-0.39, 0.29) is 22.6 Å². The summed E-state index contributed by atoms with van der Waals surface area (Å²) in [5.41, 5.74) is 0.616. The average Bonchev–Trinajstić information content (AvgIpc) is 3.16. The fourth-order valence-corrected chi connectivity index (χ4v) is 3.13. The average molecular weight is 512 g/mol. The molecule has 0 atom stereocenters. The predicted octanol–water partition coefficient (Wildman–Crippen LogP) is 5.64. The van der Waals surface area contributed by atoms with Crippen molar-refractivity contribution in [3.05, 3.63) is 80.1 Å². The van der Waals surface area contributed by atoms with Crippen molar-refractivity contribution in [2.45, 2.75) is 0 Å². The number of hydrogen-bond acceptors (Lipinski definition) is 5. The van der Waals surface area contributed by atoms with E-state index in [4.69, 9.17) is 32.4 Å². The zero-order chi connectivity index (χ0) is 21.8. The molecular weight excluding hydrogens is 499 g/mol. The van der Waals surface area contributed by atoms with Gasteiger partial charge in [-0.2, -0.15) is 0 Å². The number of carbonyl (C=O) groups is 3. The van der Waals surface area contributed by atoms with Crippen molar-refractivity contribution in [3.63, 3.8) is 0 Å². The Morgan fingerprint density at radius 3 is 2.33 bits per heavy atom. The van der Waals surface area contributed by atoms with Gasteiger partial charge in [0.1, 0.15) is 0 Å². The zero-order valence-electron chi connectivity index (χ0n) is 15.3. The highest BCUT2D eigenvalue weighted by Gasteiger charge is 2.19. The van der Waals surface area contributed by atoms with E-state index in [1.807, 2.05) is 0 Å². The summed E-state index contributed by atoms with van der Waals surface area (Å²) in [6.45, 7) is 0. The first kappa shape index (κ1) is 21.9. The zero-order valence-corrected chi connectivity index (χ0v) is 18.4. The van der Waals surface area contributed by atoms with E-state index in [1.54, 1.807) is 18.2 Å². The van der Waals surface area contributed by atoms with Gasteiger partial charge in [0.05, 0.1) is 29.1 Å². The summed E-state index contributed by atoms with van der Waals surface area (Å²) in [6, 6.07) is 11.8. The molecule has 0 fully saturated rings. The fourth-order valence-electron chi connectivity index (χ4n) is 2.48. The van der Waals surface area contributed by atoms with Gasteiger partial charge >= 0.3 is 5.97 Å². The Morgan fingerprint density at radius 1 is 0.933 bits per heavy atom. The standard InChI is InChI=1S/C20H13BrCl2N2O5/c1-29-20(28)12-4-2-10(18(26)25-15-9-11(22)3-5-13(15)23)8-14(12)24-19(27)16-6-7-17(21)30-16/h2-9H,1H3,(H,24,27)(H,25,26). The van der Waals surface area contributed by atoms with Crippen LogP contribution in [0.15, 0.2) is 57.6 Å². The first-order chi connectivity index (χ1) is 14.3. The molecule has 0 spiro atoms. The van der Waals surface area contributed by atoms with Crippen LogP contribution in [0.4, 0.5) is 11.4 Å². The van der Waals surface area contributed by atoms with E-state index >= 15 is 0 Å². The van der Waals surface area contributed by atoms with Gasteiger partial charge in [0.25, 0.3) is 11.8 Å². The Bertz CT molecular complexity index is 1150. The molecule has 0 saturated heterocycles. The Morgan fingerprint density at radius 2 is 1.67 bits per heavy atom. The maximum absolute atomic E-state index is 12.7. The summed E-state index contributed by atoms with van der Waals surface area (Å²) in [7, 11) is 1.21. The summed E-state index contributed by atoms with van der Waals surface area (Å²) in [6.07, 6.45) is 0. The molecule has 0 unspecified atom stereocenters. The number of ether oxygens (including phenoxy) is 1. The van der Waals surface area contributed by atoms with E-state index in [2.05, 4.69) is 26.6 Å². The number of anilines is 2. The molecule has 7 nitrogen and oxygen atoms in total. The third-order valence-corrected chi connectivity index (χ3v) is 4.90. The van der Waals surface area contributed by atoms with E-state index in [9.17, 15) is 14.4 Å². The summed E-state index contributed by atoms with van der Waals surface area (Å²) in [5, 5.41) is 5.89. The number of esters is 1. The second kappa shape index (κ2) is 9.34. The summed E-state index contributed by atoms with van der Waals surface area (Å²) in [5.74, 6) is -1.80. The highest BCUT2D eigenvalue weighted by Crippen LogP contribution is 2.27. The monoisotopic (exact) mass is 510 g/mol. The Hall–Kier alpha value is -2.81. The number of amides is 2. The molecule has 3 rings (SSSR count). The van der Waals surface area contributed by atoms with Gasteiger partial charge in [0.2, 0.25) is 0 Å². The van der Waals surface area contributed by atoms with Crippen LogP contribution in [-0.4, -0.2) is 24.9 Å². The molecular formula is C20H13BrCl2N2O5. The quantitative estimate of drug-likeness (QED) is 0.432. The van der Waals surface area contributed by atoms with E-state index < -0.39 is 17.8 Å². The van der Waals surface area contributed by atoms with Crippen LogP contribution in [-0.2, 0) is 4.74 Å².